The largest absolute Gasteiger partial charge is 0.497 e. The van der Waals surface area contributed by atoms with Gasteiger partial charge in [-0.15, -0.1) is 17.4 Å². The van der Waals surface area contributed by atoms with E-state index in [4.69, 9.17) is 15.9 Å². The Labute approximate surface area is 127 Å². The van der Waals surface area contributed by atoms with Crippen LogP contribution in [0.25, 0.3) is 11.3 Å². The molecule has 1 heterocycles. The van der Waals surface area contributed by atoms with E-state index in [1.165, 1.54) is 0 Å². The van der Waals surface area contributed by atoms with Gasteiger partial charge in [0.05, 0.1) is 13.7 Å². The fourth-order valence-corrected chi connectivity index (χ4v) is 2.25. The molecule has 0 saturated heterocycles. The highest BCUT2D eigenvalue weighted by atomic mass is 32.1. The number of ether oxygens (including phenoxy) is 2. The van der Waals surface area contributed by atoms with Gasteiger partial charge in [-0.2, -0.15) is 0 Å². The molecule has 0 bridgehead atoms. The van der Waals surface area contributed by atoms with Gasteiger partial charge < -0.3 is 9.47 Å². The molecule has 2 aromatic rings. The molecule has 2 rings (SSSR count). The molecule has 0 radical (unpaired) electrons. The lowest BCUT2D eigenvalue weighted by molar-refractivity contribution is 0.0508. The summed E-state index contributed by atoms with van der Waals surface area (Å²) in [4.78, 5) is 12.4. The Morgan fingerprint density at radius 3 is 2.81 bits per heavy atom. The molecule has 21 heavy (non-hydrogen) atoms. The standard InChI is InChI=1S/C15H14N2O3S/c1-3-4-5-10-20-15(18)14-13(16-17-21-14)11-6-8-12(19-2)9-7-11/h1,6-9H,4-5,10H2,2H3. The highest BCUT2D eigenvalue weighted by molar-refractivity contribution is 7.08. The van der Waals surface area contributed by atoms with Gasteiger partial charge in [-0.3, -0.25) is 0 Å². The Morgan fingerprint density at radius 1 is 1.38 bits per heavy atom. The average molecular weight is 302 g/mol. The van der Waals surface area contributed by atoms with Gasteiger partial charge in [-0.05, 0) is 42.2 Å². The normalized spacial score (nSPS) is 9.90. The molecular formula is C15H14N2O3S. The molecule has 5 nitrogen and oxygen atoms in total. The van der Waals surface area contributed by atoms with Crippen LogP contribution in [0.1, 0.15) is 22.5 Å². The number of carbonyl (C=O) groups excluding carboxylic acids is 1. The van der Waals surface area contributed by atoms with E-state index in [0.717, 1.165) is 22.8 Å². The van der Waals surface area contributed by atoms with Crippen molar-refractivity contribution >= 4 is 17.5 Å². The molecule has 0 aliphatic carbocycles. The van der Waals surface area contributed by atoms with Gasteiger partial charge in [0.2, 0.25) is 0 Å². The summed E-state index contributed by atoms with van der Waals surface area (Å²) < 4.78 is 14.1. The molecule has 0 aliphatic heterocycles. The first-order valence-corrected chi connectivity index (χ1v) is 7.11. The van der Waals surface area contributed by atoms with Crippen molar-refractivity contribution < 1.29 is 14.3 Å². The molecule has 0 fully saturated rings. The Bertz CT molecular complexity index is 644. The average Bonchev–Trinajstić information content (AvgIpc) is 3.01. The number of carbonyl (C=O) groups is 1. The number of hydrogen-bond acceptors (Lipinski definition) is 6. The van der Waals surface area contributed by atoms with Crippen LogP contribution in [0, 0.1) is 12.3 Å². The number of aromatic nitrogens is 2. The number of rotatable bonds is 6. The summed E-state index contributed by atoms with van der Waals surface area (Å²) in [6, 6.07) is 7.25. The maximum absolute atomic E-state index is 12.0. The van der Waals surface area contributed by atoms with Crippen molar-refractivity contribution in [1.29, 1.82) is 0 Å². The number of methoxy groups -OCH3 is 1. The number of unbranched alkanes of at least 4 members (excludes halogenated alkanes) is 1. The predicted octanol–water partition coefficient (Wildman–Crippen LogP) is 2.78. The maximum Gasteiger partial charge on any atom is 0.352 e. The highest BCUT2D eigenvalue weighted by Crippen LogP contribution is 2.26. The third-order valence-electron chi connectivity index (χ3n) is 2.74. The van der Waals surface area contributed by atoms with Crippen LogP contribution in [0.2, 0.25) is 0 Å². The molecule has 0 spiro atoms. The SMILES string of the molecule is C#CCCCOC(=O)c1snnc1-c1ccc(OC)cc1. The van der Waals surface area contributed by atoms with E-state index in [9.17, 15) is 4.79 Å². The quantitative estimate of drug-likeness (QED) is 0.466. The van der Waals surface area contributed by atoms with E-state index in [1.54, 1.807) is 19.2 Å². The fraction of sp³-hybridized carbons (Fsp3) is 0.267. The summed E-state index contributed by atoms with van der Waals surface area (Å²) in [6.07, 6.45) is 6.37. The predicted molar refractivity (Wildman–Crippen MR) is 80.2 cm³/mol. The molecule has 0 N–H and O–H groups in total. The summed E-state index contributed by atoms with van der Waals surface area (Å²) >= 11 is 1.02. The molecule has 1 aromatic carbocycles. The third-order valence-corrected chi connectivity index (χ3v) is 3.44. The third kappa shape index (κ3) is 3.80. The topological polar surface area (TPSA) is 61.3 Å². The van der Waals surface area contributed by atoms with Crippen LogP contribution in [-0.2, 0) is 4.74 Å². The van der Waals surface area contributed by atoms with E-state index in [2.05, 4.69) is 15.5 Å². The van der Waals surface area contributed by atoms with Gasteiger partial charge in [0, 0.05) is 12.0 Å². The van der Waals surface area contributed by atoms with Gasteiger partial charge in [0.1, 0.15) is 11.4 Å². The minimum atomic E-state index is -0.423. The number of esters is 1. The monoisotopic (exact) mass is 302 g/mol. The van der Waals surface area contributed by atoms with Gasteiger partial charge in [0.25, 0.3) is 0 Å². The van der Waals surface area contributed by atoms with Gasteiger partial charge >= 0.3 is 5.97 Å². The van der Waals surface area contributed by atoms with Gasteiger partial charge in [-0.25, -0.2) is 4.79 Å². The zero-order valence-electron chi connectivity index (χ0n) is 11.5. The van der Waals surface area contributed by atoms with Gasteiger partial charge in [-0.1, -0.05) is 4.49 Å². The first kappa shape index (κ1) is 15.0. The maximum atomic E-state index is 12.0. The number of hydrogen-bond donors (Lipinski definition) is 0. The summed E-state index contributed by atoms with van der Waals surface area (Å²) in [6.45, 7) is 0.295. The Morgan fingerprint density at radius 2 is 2.14 bits per heavy atom. The van der Waals surface area contributed by atoms with Crippen LogP contribution in [0.4, 0.5) is 0 Å². The van der Waals surface area contributed by atoms with Gasteiger partial charge in [0.15, 0.2) is 4.88 Å². The summed E-state index contributed by atoms with van der Waals surface area (Å²) in [5.41, 5.74) is 1.31. The zero-order chi connectivity index (χ0) is 15.1. The minimum absolute atomic E-state index is 0.295. The van der Waals surface area contributed by atoms with Crippen molar-refractivity contribution in [3.8, 4) is 29.4 Å². The molecule has 0 amide bonds. The molecule has 0 atom stereocenters. The summed E-state index contributed by atoms with van der Waals surface area (Å²) in [5.74, 6) is 2.81. The Kier molecular flexibility index (Phi) is 5.29. The van der Waals surface area contributed by atoms with Crippen LogP contribution < -0.4 is 4.74 Å². The smallest absolute Gasteiger partial charge is 0.352 e. The molecule has 0 aliphatic rings. The second kappa shape index (κ2) is 7.41. The van der Waals surface area contributed by atoms with Crippen molar-refractivity contribution in [3.63, 3.8) is 0 Å². The van der Waals surface area contributed by atoms with E-state index in [-0.39, 0.29) is 0 Å². The first-order valence-electron chi connectivity index (χ1n) is 6.33. The highest BCUT2D eigenvalue weighted by Gasteiger charge is 2.19. The van der Waals surface area contributed by atoms with Crippen molar-refractivity contribution in [3.05, 3.63) is 29.1 Å². The molecule has 0 saturated carbocycles. The first-order chi connectivity index (χ1) is 10.3. The van der Waals surface area contributed by atoms with E-state index in [1.807, 2.05) is 12.1 Å². The van der Waals surface area contributed by atoms with E-state index in [0.29, 0.717) is 30.0 Å². The van der Waals surface area contributed by atoms with Crippen LogP contribution in [0.15, 0.2) is 24.3 Å². The zero-order valence-corrected chi connectivity index (χ0v) is 12.4. The Balaban J connectivity index is 2.10. The minimum Gasteiger partial charge on any atom is -0.497 e. The molecular weight excluding hydrogens is 288 g/mol. The lowest BCUT2D eigenvalue weighted by Crippen LogP contribution is -2.06. The Hall–Kier alpha value is -2.39. The van der Waals surface area contributed by atoms with Crippen LogP contribution >= 0.6 is 11.5 Å². The summed E-state index contributed by atoms with van der Waals surface area (Å²) in [5, 5.41) is 4.00. The van der Waals surface area contributed by atoms with Crippen molar-refractivity contribution in [1.82, 2.24) is 9.59 Å². The van der Waals surface area contributed by atoms with Crippen molar-refractivity contribution in [2.24, 2.45) is 0 Å². The summed E-state index contributed by atoms with van der Waals surface area (Å²) in [7, 11) is 1.60. The lowest BCUT2D eigenvalue weighted by atomic mass is 10.1. The fourth-order valence-electron chi connectivity index (χ4n) is 1.67. The molecule has 1 aromatic heterocycles. The number of terminal acetylenes is 1. The molecule has 0 unspecified atom stereocenters. The second-order valence-electron chi connectivity index (χ2n) is 4.12. The number of benzene rings is 1. The molecule has 6 heteroatoms. The van der Waals surface area contributed by atoms with Crippen LogP contribution in [0.5, 0.6) is 5.75 Å². The van der Waals surface area contributed by atoms with E-state index >= 15 is 0 Å². The van der Waals surface area contributed by atoms with Crippen LogP contribution in [-0.4, -0.2) is 29.3 Å². The van der Waals surface area contributed by atoms with E-state index < -0.39 is 5.97 Å². The number of nitrogens with zero attached hydrogens (tertiary/aromatic N) is 2. The second-order valence-corrected chi connectivity index (χ2v) is 4.88. The lowest BCUT2D eigenvalue weighted by Gasteiger charge is -2.04. The van der Waals surface area contributed by atoms with Crippen LogP contribution in [0.3, 0.4) is 0 Å². The molecule has 108 valence electrons. The van der Waals surface area contributed by atoms with Crippen molar-refractivity contribution in [2.45, 2.75) is 12.8 Å². The van der Waals surface area contributed by atoms with Crippen molar-refractivity contribution in [2.75, 3.05) is 13.7 Å².